The van der Waals surface area contributed by atoms with Crippen LogP contribution in [-0.4, -0.2) is 59.9 Å². The highest BCUT2D eigenvalue weighted by Gasteiger charge is 2.32. The van der Waals surface area contributed by atoms with Gasteiger partial charge in [0.25, 0.3) is 0 Å². The van der Waals surface area contributed by atoms with Gasteiger partial charge >= 0.3 is 12.3 Å². The number of rotatable bonds is 7. The van der Waals surface area contributed by atoms with Crippen molar-refractivity contribution in [2.24, 2.45) is 0 Å². The molecule has 242 valence electrons. The summed E-state index contributed by atoms with van der Waals surface area (Å²) in [7, 11) is 1.31. The van der Waals surface area contributed by atoms with Gasteiger partial charge in [0.2, 0.25) is 5.95 Å². The number of carbonyl (C=O) groups excluding carboxylic acids is 1. The Morgan fingerprint density at radius 1 is 1.02 bits per heavy atom. The highest BCUT2D eigenvalue weighted by atomic mass is 19.4. The van der Waals surface area contributed by atoms with E-state index in [4.69, 9.17) is 9.47 Å². The molecule has 4 aromatic rings. The average molecular weight is 638 g/mol. The highest BCUT2D eigenvalue weighted by molar-refractivity contribution is 6.00. The average Bonchev–Trinajstić information content (AvgIpc) is 3.40. The molecule has 2 aromatic heterocycles. The summed E-state index contributed by atoms with van der Waals surface area (Å²) in [6, 6.07) is 16.8. The maximum absolute atomic E-state index is 15.4. The van der Waals surface area contributed by atoms with E-state index < -0.39 is 30.9 Å². The zero-order valence-corrected chi connectivity index (χ0v) is 25.4. The summed E-state index contributed by atoms with van der Waals surface area (Å²) >= 11 is 0. The summed E-state index contributed by atoms with van der Waals surface area (Å²) in [5, 5.41) is 7.14. The van der Waals surface area contributed by atoms with Crippen LogP contribution in [0.4, 0.5) is 28.2 Å². The van der Waals surface area contributed by atoms with Crippen LogP contribution >= 0.6 is 0 Å². The van der Waals surface area contributed by atoms with Gasteiger partial charge in [-0.05, 0) is 78.6 Å². The zero-order valence-electron chi connectivity index (χ0n) is 25.4. The normalized spacial score (nSPS) is 19.5. The zero-order chi connectivity index (χ0) is 32.3. The van der Waals surface area contributed by atoms with Crippen LogP contribution in [0.2, 0.25) is 0 Å². The van der Waals surface area contributed by atoms with Gasteiger partial charge in [-0.25, -0.2) is 14.5 Å². The summed E-state index contributed by atoms with van der Waals surface area (Å²) in [4.78, 5) is 18.4. The van der Waals surface area contributed by atoms with E-state index in [1.165, 1.54) is 11.8 Å². The SMILES string of the molecule is COC(=O)N[C@H]1CCCN(c2ccc(/C(=C(/CC(F)(F)F)c3ccccc3)c3ccc4c(c3)c(F)nn4C3CCCCO3)cn2)C1. The number of piperidine rings is 1. The van der Waals surface area contributed by atoms with Crippen LogP contribution in [-0.2, 0) is 9.47 Å². The number of nitrogens with zero attached hydrogens (tertiary/aromatic N) is 4. The van der Waals surface area contributed by atoms with Crippen molar-refractivity contribution in [1.82, 2.24) is 20.1 Å². The monoisotopic (exact) mass is 637 g/mol. The van der Waals surface area contributed by atoms with E-state index in [0.717, 1.165) is 25.7 Å². The Balaban J connectivity index is 1.44. The number of amides is 1. The Kier molecular flexibility index (Phi) is 9.25. The third kappa shape index (κ3) is 7.01. The molecule has 4 heterocycles. The van der Waals surface area contributed by atoms with Crippen molar-refractivity contribution in [3.8, 4) is 0 Å². The predicted octanol–water partition coefficient (Wildman–Crippen LogP) is 7.51. The Hall–Kier alpha value is -4.45. The number of ether oxygens (including phenoxy) is 2. The van der Waals surface area contributed by atoms with Crippen LogP contribution in [0.5, 0.6) is 0 Å². The summed E-state index contributed by atoms with van der Waals surface area (Å²) < 4.78 is 70.0. The van der Waals surface area contributed by atoms with Crippen LogP contribution in [0, 0.1) is 5.95 Å². The molecule has 0 bridgehead atoms. The number of halogens is 4. The van der Waals surface area contributed by atoms with Crippen molar-refractivity contribution >= 4 is 34.0 Å². The molecule has 12 heteroatoms. The van der Waals surface area contributed by atoms with Gasteiger partial charge in [0, 0.05) is 37.5 Å². The van der Waals surface area contributed by atoms with E-state index in [2.05, 4.69) is 15.4 Å². The second-order valence-electron chi connectivity index (χ2n) is 11.6. The van der Waals surface area contributed by atoms with Gasteiger partial charge in [-0.3, -0.25) is 0 Å². The molecular weight excluding hydrogens is 602 g/mol. The Bertz CT molecular complexity index is 1700. The molecule has 0 aliphatic carbocycles. The first-order valence-corrected chi connectivity index (χ1v) is 15.4. The predicted molar refractivity (Wildman–Crippen MR) is 167 cm³/mol. The lowest BCUT2D eigenvalue weighted by Gasteiger charge is -2.33. The number of allylic oxidation sites excluding steroid dienone is 1. The first-order chi connectivity index (χ1) is 22.2. The molecule has 1 amide bonds. The summed E-state index contributed by atoms with van der Waals surface area (Å²) in [6.45, 7) is 1.78. The minimum Gasteiger partial charge on any atom is -0.453 e. The Morgan fingerprint density at radius 2 is 1.83 bits per heavy atom. The molecule has 2 aliphatic heterocycles. The lowest BCUT2D eigenvalue weighted by atomic mass is 9.88. The van der Waals surface area contributed by atoms with Crippen LogP contribution in [0.3, 0.4) is 0 Å². The van der Waals surface area contributed by atoms with Crippen molar-refractivity contribution in [3.63, 3.8) is 0 Å². The fourth-order valence-corrected chi connectivity index (χ4v) is 6.33. The quantitative estimate of drug-likeness (QED) is 0.167. The molecular formula is C34H35F4N5O3. The van der Waals surface area contributed by atoms with E-state index in [1.807, 2.05) is 4.90 Å². The standard InChI is InChI=1S/C34H35F4N5O3/c1-45-33(44)40-25-10-7-16-42(21-25)29-15-13-24(20-39-29)31(27(19-34(36,37)38)22-8-3-2-4-9-22)23-12-14-28-26(18-23)32(35)41-43(28)30-11-5-6-17-46-30/h2-4,8-9,12-15,18,20,25,30H,5-7,10-11,16-17,19,21H2,1H3,(H,40,44)/b31-27-/t25-,30?/m0/s1. The third-order valence-corrected chi connectivity index (χ3v) is 8.47. The number of hydrogen-bond acceptors (Lipinski definition) is 6. The van der Waals surface area contributed by atoms with E-state index >= 15 is 4.39 Å². The molecule has 46 heavy (non-hydrogen) atoms. The molecule has 2 fully saturated rings. The van der Waals surface area contributed by atoms with Crippen molar-refractivity contribution in [1.29, 1.82) is 0 Å². The number of benzene rings is 2. The number of anilines is 1. The number of alkyl halides is 3. The fourth-order valence-electron chi connectivity index (χ4n) is 6.33. The number of fused-ring (bicyclic) bond motifs is 1. The number of nitrogens with one attached hydrogen (secondary N) is 1. The first kappa shape index (κ1) is 31.5. The molecule has 2 saturated heterocycles. The molecule has 0 saturated carbocycles. The van der Waals surface area contributed by atoms with Crippen molar-refractivity contribution in [2.75, 3.05) is 31.7 Å². The molecule has 2 atom stereocenters. The lowest BCUT2D eigenvalue weighted by molar-refractivity contribution is -0.122. The minimum atomic E-state index is -4.52. The van der Waals surface area contributed by atoms with Crippen molar-refractivity contribution in [3.05, 3.63) is 89.5 Å². The molecule has 2 aromatic carbocycles. The van der Waals surface area contributed by atoms with Gasteiger partial charge in [0.05, 0.1) is 24.4 Å². The summed E-state index contributed by atoms with van der Waals surface area (Å²) in [5.74, 6) is -0.0806. The number of aromatic nitrogens is 3. The second-order valence-corrected chi connectivity index (χ2v) is 11.6. The number of hydrogen-bond donors (Lipinski definition) is 1. The summed E-state index contributed by atoms with van der Waals surface area (Å²) in [6.07, 6.45) is -0.909. The highest BCUT2D eigenvalue weighted by Crippen LogP contribution is 2.41. The maximum atomic E-state index is 15.4. The van der Waals surface area contributed by atoms with E-state index in [-0.39, 0.29) is 17.0 Å². The molecule has 1 N–H and O–H groups in total. The fraction of sp³-hybridized carbons (Fsp3) is 0.382. The number of methoxy groups -OCH3 is 1. The Morgan fingerprint density at radius 3 is 2.52 bits per heavy atom. The second kappa shape index (κ2) is 13.5. The van der Waals surface area contributed by atoms with Crippen molar-refractivity contribution in [2.45, 2.75) is 57.0 Å². The molecule has 8 nitrogen and oxygen atoms in total. The molecule has 2 aliphatic rings. The number of carbonyl (C=O) groups is 1. The number of pyridine rings is 1. The molecule has 6 rings (SSSR count). The third-order valence-electron chi connectivity index (χ3n) is 8.47. The smallest absolute Gasteiger partial charge is 0.407 e. The Labute approximate surface area is 264 Å². The van der Waals surface area contributed by atoms with Gasteiger partial charge in [0.1, 0.15) is 5.82 Å². The van der Waals surface area contributed by atoms with E-state index in [1.54, 1.807) is 66.9 Å². The van der Waals surface area contributed by atoms with Crippen LogP contribution in [0.25, 0.3) is 22.0 Å². The van der Waals surface area contributed by atoms with Crippen molar-refractivity contribution < 1.29 is 31.8 Å². The van der Waals surface area contributed by atoms with E-state index in [9.17, 15) is 18.0 Å². The topological polar surface area (TPSA) is 81.5 Å². The van der Waals surface area contributed by atoms with Crippen LogP contribution in [0.1, 0.15) is 61.4 Å². The maximum Gasteiger partial charge on any atom is 0.407 e. The largest absolute Gasteiger partial charge is 0.453 e. The number of alkyl carbamates (subject to hydrolysis) is 1. The van der Waals surface area contributed by atoms with Crippen LogP contribution in [0.15, 0.2) is 66.9 Å². The first-order valence-electron chi connectivity index (χ1n) is 15.4. The van der Waals surface area contributed by atoms with Gasteiger partial charge in [0.15, 0.2) is 6.23 Å². The van der Waals surface area contributed by atoms with E-state index in [0.29, 0.717) is 59.7 Å². The van der Waals surface area contributed by atoms with Gasteiger partial charge in [-0.15, -0.1) is 5.10 Å². The van der Waals surface area contributed by atoms with Crippen LogP contribution < -0.4 is 10.2 Å². The van der Waals surface area contributed by atoms with Gasteiger partial charge < -0.3 is 19.7 Å². The molecule has 0 spiro atoms. The summed E-state index contributed by atoms with van der Waals surface area (Å²) in [5.41, 5.74) is 2.13. The van der Waals surface area contributed by atoms with Gasteiger partial charge in [-0.1, -0.05) is 36.4 Å². The lowest BCUT2D eigenvalue weighted by Crippen LogP contribution is -2.48. The molecule has 1 unspecified atom stereocenters. The molecule has 0 radical (unpaired) electrons. The minimum absolute atomic E-state index is 0.0470. The van der Waals surface area contributed by atoms with Gasteiger partial charge in [-0.2, -0.15) is 17.6 Å².